The van der Waals surface area contributed by atoms with Gasteiger partial charge in [-0.05, 0) is 37.0 Å². The van der Waals surface area contributed by atoms with Crippen molar-refractivity contribution in [2.75, 3.05) is 0 Å². The molecule has 0 heterocycles. The second-order valence-electron chi connectivity index (χ2n) is 4.94. The molecule has 0 spiro atoms. The minimum atomic E-state index is 0.534. The zero-order valence-corrected chi connectivity index (χ0v) is 8.13. The molecule has 2 rings (SSSR count). The Bertz CT molecular complexity index is 155. The molecule has 70 valence electrons. The summed E-state index contributed by atoms with van der Waals surface area (Å²) in [5, 5.41) is 0. The van der Waals surface area contributed by atoms with E-state index in [9.17, 15) is 0 Å². The van der Waals surface area contributed by atoms with Crippen molar-refractivity contribution in [2.45, 2.75) is 51.5 Å². The van der Waals surface area contributed by atoms with Crippen LogP contribution in [0.15, 0.2) is 0 Å². The van der Waals surface area contributed by atoms with Crippen molar-refractivity contribution in [3.8, 4) is 0 Å². The van der Waals surface area contributed by atoms with Gasteiger partial charge in [-0.25, -0.2) is 0 Å². The summed E-state index contributed by atoms with van der Waals surface area (Å²) >= 11 is 0. The van der Waals surface area contributed by atoms with Crippen LogP contribution in [-0.4, -0.2) is 6.04 Å². The fourth-order valence-corrected chi connectivity index (χ4v) is 3.20. The predicted molar refractivity (Wildman–Crippen MR) is 51.8 cm³/mol. The Morgan fingerprint density at radius 2 is 1.92 bits per heavy atom. The Balaban J connectivity index is 2.00. The first kappa shape index (κ1) is 8.55. The first-order valence-electron chi connectivity index (χ1n) is 5.53. The Morgan fingerprint density at radius 3 is 2.75 bits per heavy atom. The lowest BCUT2D eigenvalue weighted by molar-refractivity contribution is 0.116. The number of nitrogens with two attached hydrogens (primary N) is 1. The Labute approximate surface area is 75.7 Å². The van der Waals surface area contributed by atoms with Crippen LogP contribution in [0.4, 0.5) is 0 Å². The maximum absolute atomic E-state index is 6.15. The van der Waals surface area contributed by atoms with Gasteiger partial charge in [-0.2, -0.15) is 0 Å². The van der Waals surface area contributed by atoms with Gasteiger partial charge in [-0.15, -0.1) is 0 Å². The highest BCUT2D eigenvalue weighted by atomic mass is 14.7. The lowest BCUT2D eigenvalue weighted by atomic mass is 9.66. The number of fused-ring (bicyclic) bond motifs is 1. The Kier molecular flexibility index (Phi) is 2.40. The lowest BCUT2D eigenvalue weighted by Gasteiger charge is -2.42. The largest absolute Gasteiger partial charge is 0.327 e. The molecule has 2 fully saturated rings. The molecular formula is C11H21N. The normalized spacial score (nSPS) is 48.5. The van der Waals surface area contributed by atoms with E-state index in [0.29, 0.717) is 6.04 Å². The minimum absolute atomic E-state index is 0.534. The molecule has 4 unspecified atom stereocenters. The summed E-state index contributed by atoms with van der Waals surface area (Å²) in [7, 11) is 0. The van der Waals surface area contributed by atoms with E-state index in [1.54, 1.807) is 0 Å². The van der Waals surface area contributed by atoms with E-state index in [0.717, 1.165) is 17.8 Å². The molecule has 0 radical (unpaired) electrons. The standard InChI is InChI=1S/C11H21N/c1-8-5-6-9-3-2-4-11(12)10(9)7-8/h8-11H,2-7,12H2,1H3. The topological polar surface area (TPSA) is 26.0 Å². The highest BCUT2D eigenvalue weighted by Crippen LogP contribution is 2.41. The van der Waals surface area contributed by atoms with Crippen molar-refractivity contribution in [1.82, 2.24) is 0 Å². The summed E-state index contributed by atoms with van der Waals surface area (Å²) in [6.07, 6.45) is 8.45. The molecule has 0 aromatic rings. The van der Waals surface area contributed by atoms with Crippen LogP contribution in [0.1, 0.15) is 45.4 Å². The fraction of sp³-hybridized carbons (Fsp3) is 1.00. The molecule has 2 N–H and O–H groups in total. The van der Waals surface area contributed by atoms with Gasteiger partial charge in [0.25, 0.3) is 0 Å². The molecule has 0 saturated heterocycles. The molecule has 0 aromatic carbocycles. The molecule has 0 bridgehead atoms. The molecule has 1 heteroatoms. The first-order valence-corrected chi connectivity index (χ1v) is 5.53. The third-order valence-electron chi connectivity index (χ3n) is 3.97. The smallest absolute Gasteiger partial charge is 0.00699 e. The van der Waals surface area contributed by atoms with Crippen LogP contribution in [0.2, 0.25) is 0 Å². The van der Waals surface area contributed by atoms with Gasteiger partial charge < -0.3 is 5.73 Å². The summed E-state index contributed by atoms with van der Waals surface area (Å²) in [6.45, 7) is 2.39. The Morgan fingerprint density at radius 1 is 1.08 bits per heavy atom. The fourth-order valence-electron chi connectivity index (χ4n) is 3.20. The van der Waals surface area contributed by atoms with Crippen LogP contribution >= 0.6 is 0 Å². The zero-order valence-electron chi connectivity index (χ0n) is 8.13. The van der Waals surface area contributed by atoms with Gasteiger partial charge in [0.1, 0.15) is 0 Å². The van der Waals surface area contributed by atoms with Crippen LogP contribution in [0, 0.1) is 17.8 Å². The summed E-state index contributed by atoms with van der Waals surface area (Å²) < 4.78 is 0. The SMILES string of the molecule is CC1CCC2CCCC(N)C2C1. The van der Waals surface area contributed by atoms with Gasteiger partial charge in [0.05, 0.1) is 0 Å². The molecule has 2 saturated carbocycles. The number of rotatable bonds is 0. The number of hydrogen-bond donors (Lipinski definition) is 1. The van der Waals surface area contributed by atoms with Crippen LogP contribution in [0.3, 0.4) is 0 Å². The highest BCUT2D eigenvalue weighted by molar-refractivity contribution is 4.88. The molecule has 2 aliphatic rings. The van der Waals surface area contributed by atoms with E-state index >= 15 is 0 Å². The van der Waals surface area contributed by atoms with Gasteiger partial charge in [0.15, 0.2) is 0 Å². The average Bonchev–Trinajstić information content (AvgIpc) is 2.07. The summed E-state index contributed by atoms with van der Waals surface area (Å²) in [5.41, 5.74) is 6.15. The molecule has 1 nitrogen and oxygen atoms in total. The Hall–Kier alpha value is -0.0400. The molecule has 0 aromatic heterocycles. The van der Waals surface area contributed by atoms with E-state index in [1.807, 2.05) is 0 Å². The van der Waals surface area contributed by atoms with Gasteiger partial charge in [-0.3, -0.25) is 0 Å². The van der Waals surface area contributed by atoms with Crippen LogP contribution < -0.4 is 5.73 Å². The van der Waals surface area contributed by atoms with Crippen LogP contribution in [0.5, 0.6) is 0 Å². The van der Waals surface area contributed by atoms with Crippen molar-refractivity contribution in [3.63, 3.8) is 0 Å². The van der Waals surface area contributed by atoms with E-state index < -0.39 is 0 Å². The third kappa shape index (κ3) is 1.52. The van der Waals surface area contributed by atoms with Crippen LogP contribution in [-0.2, 0) is 0 Å². The maximum atomic E-state index is 6.15. The van der Waals surface area contributed by atoms with Crippen molar-refractivity contribution in [1.29, 1.82) is 0 Å². The summed E-state index contributed by atoms with van der Waals surface area (Å²) in [4.78, 5) is 0. The molecule has 12 heavy (non-hydrogen) atoms. The van der Waals surface area contributed by atoms with Crippen molar-refractivity contribution >= 4 is 0 Å². The molecular weight excluding hydrogens is 146 g/mol. The second kappa shape index (κ2) is 3.37. The minimum Gasteiger partial charge on any atom is -0.327 e. The van der Waals surface area contributed by atoms with Gasteiger partial charge in [0.2, 0.25) is 0 Å². The maximum Gasteiger partial charge on any atom is 0.00699 e. The van der Waals surface area contributed by atoms with Crippen molar-refractivity contribution < 1.29 is 0 Å². The summed E-state index contributed by atoms with van der Waals surface area (Å²) in [5.74, 6) is 2.81. The summed E-state index contributed by atoms with van der Waals surface area (Å²) in [6, 6.07) is 0.534. The quantitative estimate of drug-likeness (QED) is 0.589. The van der Waals surface area contributed by atoms with Crippen molar-refractivity contribution in [3.05, 3.63) is 0 Å². The van der Waals surface area contributed by atoms with E-state index in [4.69, 9.17) is 5.73 Å². The first-order chi connectivity index (χ1) is 5.77. The van der Waals surface area contributed by atoms with Crippen LogP contribution in [0.25, 0.3) is 0 Å². The van der Waals surface area contributed by atoms with E-state index in [1.165, 1.54) is 38.5 Å². The number of hydrogen-bond acceptors (Lipinski definition) is 1. The zero-order chi connectivity index (χ0) is 8.55. The van der Waals surface area contributed by atoms with E-state index in [2.05, 4.69) is 6.92 Å². The molecule has 4 atom stereocenters. The molecule has 0 amide bonds. The van der Waals surface area contributed by atoms with E-state index in [-0.39, 0.29) is 0 Å². The lowest BCUT2D eigenvalue weighted by Crippen LogP contribution is -2.41. The predicted octanol–water partition coefficient (Wildman–Crippen LogP) is 2.55. The van der Waals surface area contributed by atoms with Gasteiger partial charge >= 0.3 is 0 Å². The van der Waals surface area contributed by atoms with Gasteiger partial charge in [0, 0.05) is 6.04 Å². The second-order valence-corrected chi connectivity index (χ2v) is 4.94. The highest BCUT2D eigenvalue weighted by Gasteiger charge is 2.34. The molecule has 0 aliphatic heterocycles. The van der Waals surface area contributed by atoms with Gasteiger partial charge in [-0.1, -0.05) is 26.2 Å². The third-order valence-corrected chi connectivity index (χ3v) is 3.97. The average molecular weight is 167 g/mol. The van der Waals surface area contributed by atoms with Crippen molar-refractivity contribution in [2.24, 2.45) is 23.5 Å². The monoisotopic (exact) mass is 167 g/mol. The molecule has 2 aliphatic carbocycles.